The van der Waals surface area contributed by atoms with Crippen molar-refractivity contribution >= 4 is 0 Å². The Bertz CT molecular complexity index is 417. The SMILES string of the molecule is CC(C)(C)c1ccc2c(c1)[C@@H]1CCO[C@@H]1O2. The smallest absolute Gasteiger partial charge is 0.206 e. The summed E-state index contributed by atoms with van der Waals surface area (Å²) in [7, 11) is 0. The average molecular weight is 218 g/mol. The van der Waals surface area contributed by atoms with Crippen molar-refractivity contribution < 1.29 is 9.47 Å². The minimum Gasteiger partial charge on any atom is -0.464 e. The molecule has 1 aromatic rings. The van der Waals surface area contributed by atoms with E-state index in [4.69, 9.17) is 9.47 Å². The minimum atomic E-state index is -0.0229. The number of fused-ring (bicyclic) bond motifs is 3. The van der Waals surface area contributed by atoms with Crippen LogP contribution in [0, 0.1) is 0 Å². The lowest BCUT2D eigenvalue weighted by Crippen LogP contribution is -2.13. The second-order valence-electron chi connectivity index (χ2n) is 5.75. The molecule has 0 N–H and O–H groups in total. The molecule has 3 rings (SSSR count). The van der Waals surface area contributed by atoms with Crippen LogP contribution in [0.15, 0.2) is 18.2 Å². The summed E-state index contributed by atoms with van der Waals surface area (Å²) in [6, 6.07) is 6.56. The molecule has 0 radical (unpaired) electrons. The van der Waals surface area contributed by atoms with Crippen LogP contribution in [0.5, 0.6) is 5.75 Å². The summed E-state index contributed by atoms with van der Waals surface area (Å²) in [5.41, 5.74) is 2.92. The van der Waals surface area contributed by atoms with Crippen LogP contribution in [0.3, 0.4) is 0 Å². The Morgan fingerprint density at radius 3 is 2.81 bits per heavy atom. The van der Waals surface area contributed by atoms with E-state index in [-0.39, 0.29) is 11.7 Å². The van der Waals surface area contributed by atoms with Crippen molar-refractivity contribution in [2.45, 2.75) is 44.8 Å². The van der Waals surface area contributed by atoms with E-state index in [2.05, 4.69) is 39.0 Å². The maximum atomic E-state index is 5.78. The molecule has 0 saturated carbocycles. The van der Waals surface area contributed by atoms with Gasteiger partial charge in [0.15, 0.2) is 0 Å². The normalized spacial score (nSPS) is 27.4. The molecule has 2 aliphatic heterocycles. The quantitative estimate of drug-likeness (QED) is 0.665. The molecule has 0 bridgehead atoms. The third-order valence-electron chi connectivity index (χ3n) is 3.56. The Labute approximate surface area is 96.6 Å². The standard InChI is InChI=1S/C14H18O2/c1-14(2,3)9-4-5-12-11(8-9)10-6-7-15-13(10)16-12/h4-5,8,10,13H,6-7H2,1-3H3/t10-,13+/m0/s1. The molecule has 0 aliphatic carbocycles. The van der Waals surface area contributed by atoms with Gasteiger partial charge in [-0.15, -0.1) is 0 Å². The van der Waals surface area contributed by atoms with Crippen molar-refractivity contribution in [3.8, 4) is 5.75 Å². The van der Waals surface area contributed by atoms with Crippen LogP contribution >= 0.6 is 0 Å². The number of ether oxygens (including phenoxy) is 2. The molecule has 1 fully saturated rings. The first-order valence-electron chi connectivity index (χ1n) is 5.98. The lowest BCUT2D eigenvalue weighted by atomic mass is 9.84. The van der Waals surface area contributed by atoms with Gasteiger partial charge in [0.05, 0.1) is 12.5 Å². The van der Waals surface area contributed by atoms with Gasteiger partial charge in [-0.25, -0.2) is 0 Å². The Kier molecular flexibility index (Phi) is 2.05. The molecule has 1 saturated heterocycles. The average Bonchev–Trinajstić information content (AvgIpc) is 2.74. The third kappa shape index (κ3) is 1.44. The highest BCUT2D eigenvalue weighted by molar-refractivity contribution is 5.45. The van der Waals surface area contributed by atoms with E-state index in [1.807, 2.05) is 0 Å². The van der Waals surface area contributed by atoms with Crippen LogP contribution in [0.25, 0.3) is 0 Å². The molecule has 1 aromatic carbocycles. The van der Waals surface area contributed by atoms with E-state index in [0.717, 1.165) is 18.8 Å². The number of hydrogen-bond donors (Lipinski definition) is 0. The zero-order chi connectivity index (χ0) is 11.3. The molecule has 2 atom stereocenters. The summed E-state index contributed by atoms with van der Waals surface area (Å²) in [6.45, 7) is 7.56. The van der Waals surface area contributed by atoms with Crippen molar-refractivity contribution in [1.29, 1.82) is 0 Å². The molecule has 0 spiro atoms. The topological polar surface area (TPSA) is 18.5 Å². The molecule has 0 aromatic heterocycles. The summed E-state index contributed by atoms with van der Waals surface area (Å²) in [5, 5.41) is 0. The van der Waals surface area contributed by atoms with Crippen LogP contribution in [0.1, 0.15) is 44.2 Å². The fourth-order valence-corrected chi connectivity index (χ4v) is 2.52. The van der Waals surface area contributed by atoms with Crippen LogP contribution in [0.2, 0.25) is 0 Å². The van der Waals surface area contributed by atoms with Gasteiger partial charge in [-0.05, 0) is 23.5 Å². The Morgan fingerprint density at radius 2 is 2.06 bits per heavy atom. The maximum Gasteiger partial charge on any atom is 0.206 e. The van der Waals surface area contributed by atoms with E-state index >= 15 is 0 Å². The summed E-state index contributed by atoms with van der Waals surface area (Å²) < 4.78 is 11.3. The predicted octanol–water partition coefficient (Wildman–Crippen LogP) is 3.21. The van der Waals surface area contributed by atoms with Crippen molar-refractivity contribution in [1.82, 2.24) is 0 Å². The van der Waals surface area contributed by atoms with E-state index in [1.165, 1.54) is 11.1 Å². The Balaban J connectivity index is 2.03. The van der Waals surface area contributed by atoms with Gasteiger partial charge in [0.1, 0.15) is 5.75 Å². The van der Waals surface area contributed by atoms with Crippen LogP contribution in [-0.4, -0.2) is 12.9 Å². The zero-order valence-electron chi connectivity index (χ0n) is 10.1. The molecule has 0 amide bonds. The predicted molar refractivity (Wildman–Crippen MR) is 62.9 cm³/mol. The van der Waals surface area contributed by atoms with E-state index in [9.17, 15) is 0 Å². The Hall–Kier alpha value is -1.02. The molecular weight excluding hydrogens is 200 g/mol. The van der Waals surface area contributed by atoms with E-state index < -0.39 is 0 Å². The second kappa shape index (κ2) is 3.24. The van der Waals surface area contributed by atoms with Crippen LogP contribution in [0.4, 0.5) is 0 Å². The molecule has 2 heteroatoms. The van der Waals surface area contributed by atoms with Gasteiger partial charge in [0.2, 0.25) is 6.29 Å². The number of hydrogen-bond acceptors (Lipinski definition) is 2. The first-order chi connectivity index (χ1) is 7.55. The van der Waals surface area contributed by atoms with Gasteiger partial charge in [-0.2, -0.15) is 0 Å². The highest BCUT2D eigenvalue weighted by atomic mass is 16.7. The van der Waals surface area contributed by atoms with Crippen molar-refractivity contribution in [2.24, 2.45) is 0 Å². The number of benzene rings is 1. The zero-order valence-corrected chi connectivity index (χ0v) is 10.1. The van der Waals surface area contributed by atoms with Gasteiger partial charge >= 0.3 is 0 Å². The first kappa shape index (κ1) is 10.2. The largest absolute Gasteiger partial charge is 0.464 e. The minimum absolute atomic E-state index is 0.0229. The molecule has 2 nitrogen and oxygen atoms in total. The molecule has 16 heavy (non-hydrogen) atoms. The van der Waals surface area contributed by atoms with Gasteiger partial charge in [-0.3, -0.25) is 0 Å². The van der Waals surface area contributed by atoms with Gasteiger partial charge < -0.3 is 9.47 Å². The second-order valence-corrected chi connectivity index (χ2v) is 5.75. The molecule has 2 heterocycles. The maximum absolute atomic E-state index is 5.78. The van der Waals surface area contributed by atoms with E-state index in [0.29, 0.717) is 5.92 Å². The van der Waals surface area contributed by atoms with Crippen molar-refractivity contribution in [3.63, 3.8) is 0 Å². The fourth-order valence-electron chi connectivity index (χ4n) is 2.52. The summed E-state index contributed by atoms with van der Waals surface area (Å²) in [6.07, 6.45) is 1.07. The van der Waals surface area contributed by atoms with E-state index in [1.54, 1.807) is 0 Å². The third-order valence-corrected chi connectivity index (χ3v) is 3.56. The lowest BCUT2D eigenvalue weighted by molar-refractivity contribution is -0.0337. The van der Waals surface area contributed by atoms with Crippen molar-refractivity contribution in [2.75, 3.05) is 6.61 Å². The van der Waals surface area contributed by atoms with Crippen molar-refractivity contribution in [3.05, 3.63) is 29.3 Å². The van der Waals surface area contributed by atoms with Gasteiger partial charge in [0, 0.05) is 5.56 Å². The van der Waals surface area contributed by atoms with Crippen LogP contribution < -0.4 is 4.74 Å². The highest BCUT2D eigenvalue weighted by Crippen LogP contribution is 2.45. The highest BCUT2D eigenvalue weighted by Gasteiger charge is 2.39. The Morgan fingerprint density at radius 1 is 1.25 bits per heavy atom. The summed E-state index contributed by atoms with van der Waals surface area (Å²) in [4.78, 5) is 0. The van der Waals surface area contributed by atoms with Gasteiger partial charge in [0.25, 0.3) is 0 Å². The molecule has 86 valence electrons. The fraction of sp³-hybridized carbons (Fsp3) is 0.571. The number of rotatable bonds is 0. The lowest BCUT2D eigenvalue weighted by Gasteiger charge is -2.20. The molecule has 0 unspecified atom stereocenters. The first-order valence-corrected chi connectivity index (χ1v) is 5.98. The van der Waals surface area contributed by atoms with Crippen LogP contribution in [-0.2, 0) is 10.2 Å². The summed E-state index contributed by atoms with van der Waals surface area (Å²) in [5.74, 6) is 1.47. The molecular formula is C14H18O2. The monoisotopic (exact) mass is 218 g/mol. The summed E-state index contributed by atoms with van der Waals surface area (Å²) >= 11 is 0. The van der Waals surface area contributed by atoms with Gasteiger partial charge in [-0.1, -0.05) is 32.9 Å². The molecule has 2 aliphatic rings.